The van der Waals surface area contributed by atoms with Crippen molar-refractivity contribution in [1.29, 1.82) is 0 Å². The number of pyridine rings is 1. The van der Waals surface area contributed by atoms with Crippen LogP contribution < -0.4 is 4.90 Å². The van der Waals surface area contributed by atoms with Crippen molar-refractivity contribution in [3.63, 3.8) is 0 Å². The SMILES string of the molecule is CCC(CC)c1nc2ccc(C(=O)N3CCN(c4nc5nc(C)ccc5o4)CC3)cc2o1. The number of nitrogens with zero attached hydrogens (tertiary/aromatic N) is 5. The molecule has 0 aliphatic carbocycles. The van der Waals surface area contributed by atoms with Crippen molar-refractivity contribution in [2.45, 2.75) is 39.5 Å². The van der Waals surface area contributed by atoms with Gasteiger partial charge in [0.25, 0.3) is 11.9 Å². The molecule has 0 saturated carbocycles. The first-order valence-electron chi connectivity index (χ1n) is 11.2. The monoisotopic (exact) mass is 433 g/mol. The van der Waals surface area contributed by atoms with Gasteiger partial charge in [-0.2, -0.15) is 4.98 Å². The Labute approximate surface area is 186 Å². The Balaban J connectivity index is 1.28. The molecule has 0 atom stereocenters. The second kappa shape index (κ2) is 8.26. The molecule has 1 aromatic carbocycles. The zero-order valence-electron chi connectivity index (χ0n) is 18.7. The zero-order valence-corrected chi connectivity index (χ0v) is 18.7. The molecule has 0 bridgehead atoms. The van der Waals surface area contributed by atoms with E-state index >= 15 is 0 Å². The summed E-state index contributed by atoms with van der Waals surface area (Å²) in [7, 11) is 0. The Morgan fingerprint density at radius 2 is 1.75 bits per heavy atom. The van der Waals surface area contributed by atoms with Gasteiger partial charge in [0.05, 0.1) is 0 Å². The summed E-state index contributed by atoms with van der Waals surface area (Å²) in [4.78, 5) is 30.6. The molecule has 8 nitrogen and oxygen atoms in total. The second-order valence-electron chi connectivity index (χ2n) is 8.30. The number of rotatable bonds is 5. The maximum atomic E-state index is 13.1. The number of amides is 1. The Bertz CT molecular complexity index is 1270. The summed E-state index contributed by atoms with van der Waals surface area (Å²) in [5.41, 5.74) is 4.30. The van der Waals surface area contributed by atoms with Gasteiger partial charge in [-0.05, 0) is 50.1 Å². The molecular weight excluding hydrogens is 406 g/mol. The predicted octanol–water partition coefficient (Wildman–Crippen LogP) is 4.54. The van der Waals surface area contributed by atoms with Gasteiger partial charge < -0.3 is 18.6 Å². The van der Waals surface area contributed by atoms with Crippen LogP contribution in [0.3, 0.4) is 0 Å². The molecule has 1 aliphatic rings. The van der Waals surface area contributed by atoms with Crippen LogP contribution in [0.2, 0.25) is 0 Å². The Morgan fingerprint density at radius 3 is 2.50 bits per heavy atom. The third kappa shape index (κ3) is 3.70. The van der Waals surface area contributed by atoms with E-state index in [9.17, 15) is 4.79 Å². The third-order valence-electron chi connectivity index (χ3n) is 6.21. The summed E-state index contributed by atoms with van der Waals surface area (Å²) in [6, 6.07) is 9.89. The number of oxazole rings is 2. The zero-order chi connectivity index (χ0) is 22.2. The van der Waals surface area contributed by atoms with Crippen molar-refractivity contribution in [3.8, 4) is 0 Å². The van der Waals surface area contributed by atoms with E-state index in [4.69, 9.17) is 8.83 Å². The number of fused-ring (bicyclic) bond motifs is 2. The average Bonchev–Trinajstić information content (AvgIpc) is 3.42. The van der Waals surface area contributed by atoms with E-state index in [1.807, 2.05) is 42.2 Å². The van der Waals surface area contributed by atoms with Gasteiger partial charge in [0, 0.05) is 43.4 Å². The van der Waals surface area contributed by atoms with Crippen molar-refractivity contribution < 1.29 is 13.6 Å². The number of hydrogen-bond acceptors (Lipinski definition) is 7. The Morgan fingerprint density at radius 1 is 0.969 bits per heavy atom. The lowest BCUT2D eigenvalue weighted by molar-refractivity contribution is 0.0745. The van der Waals surface area contributed by atoms with E-state index in [0.29, 0.717) is 60.5 Å². The largest absolute Gasteiger partial charge is 0.440 e. The molecule has 0 spiro atoms. The highest BCUT2D eigenvalue weighted by atomic mass is 16.4. The van der Waals surface area contributed by atoms with Crippen LogP contribution in [0.5, 0.6) is 0 Å². The molecule has 166 valence electrons. The second-order valence-corrected chi connectivity index (χ2v) is 8.30. The number of aromatic nitrogens is 3. The summed E-state index contributed by atoms with van der Waals surface area (Å²) in [6.45, 7) is 8.70. The first kappa shape index (κ1) is 20.5. The molecule has 3 aromatic heterocycles. The molecule has 0 unspecified atom stereocenters. The number of anilines is 1. The van der Waals surface area contributed by atoms with Crippen LogP contribution in [0, 0.1) is 6.92 Å². The molecule has 1 saturated heterocycles. The van der Waals surface area contributed by atoms with Crippen molar-refractivity contribution in [2.75, 3.05) is 31.1 Å². The fourth-order valence-corrected chi connectivity index (χ4v) is 4.21. The van der Waals surface area contributed by atoms with Gasteiger partial charge in [0.2, 0.25) is 5.65 Å². The number of aryl methyl sites for hydroxylation is 1. The van der Waals surface area contributed by atoms with Crippen LogP contribution in [0.1, 0.15) is 54.5 Å². The van der Waals surface area contributed by atoms with Gasteiger partial charge in [0.15, 0.2) is 17.1 Å². The van der Waals surface area contributed by atoms with E-state index in [1.165, 1.54) is 0 Å². The van der Waals surface area contributed by atoms with Crippen molar-refractivity contribution in [1.82, 2.24) is 19.9 Å². The lowest BCUT2D eigenvalue weighted by Gasteiger charge is -2.33. The topological polar surface area (TPSA) is 88.5 Å². The minimum atomic E-state index is 0.00175. The highest BCUT2D eigenvalue weighted by molar-refractivity contribution is 5.97. The van der Waals surface area contributed by atoms with Crippen LogP contribution >= 0.6 is 0 Å². The van der Waals surface area contributed by atoms with E-state index in [1.54, 1.807) is 0 Å². The number of hydrogen-bond donors (Lipinski definition) is 0. The summed E-state index contributed by atoms with van der Waals surface area (Å²) in [6.07, 6.45) is 1.96. The van der Waals surface area contributed by atoms with E-state index < -0.39 is 0 Å². The van der Waals surface area contributed by atoms with Crippen LogP contribution in [0.25, 0.3) is 22.3 Å². The predicted molar refractivity (Wildman–Crippen MR) is 122 cm³/mol. The van der Waals surface area contributed by atoms with E-state index in [-0.39, 0.29) is 5.91 Å². The van der Waals surface area contributed by atoms with Gasteiger partial charge in [-0.1, -0.05) is 13.8 Å². The first-order chi connectivity index (χ1) is 15.6. The molecule has 8 heteroatoms. The minimum absolute atomic E-state index is 0.00175. The number of carbonyl (C=O) groups excluding carboxylic acids is 1. The van der Waals surface area contributed by atoms with Crippen LogP contribution in [-0.4, -0.2) is 51.9 Å². The molecule has 4 aromatic rings. The fraction of sp³-hybridized carbons (Fsp3) is 0.417. The van der Waals surface area contributed by atoms with Crippen LogP contribution in [0.15, 0.2) is 39.2 Å². The third-order valence-corrected chi connectivity index (χ3v) is 6.21. The molecule has 1 fully saturated rings. The first-order valence-corrected chi connectivity index (χ1v) is 11.2. The van der Waals surface area contributed by atoms with Gasteiger partial charge in [-0.15, -0.1) is 0 Å². The molecule has 0 N–H and O–H groups in total. The molecule has 5 rings (SSSR count). The molecule has 1 amide bonds. The molecular formula is C24H27N5O3. The van der Waals surface area contributed by atoms with E-state index in [0.717, 1.165) is 29.9 Å². The van der Waals surface area contributed by atoms with Crippen molar-refractivity contribution >= 4 is 34.3 Å². The van der Waals surface area contributed by atoms with Crippen LogP contribution in [0.4, 0.5) is 6.01 Å². The standard InChI is InChI=1S/C24H27N5O3/c1-4-16(5-2)22-26-18-8-7-17(14-20(18)31-22)23(30)28-10-12-29(13-11-28)24-27-21-19(32-24)9-6-15(3)25-21/h6-9,14,16H,4-5,10-13H2,1-3H3. The van der Waals surface area contributed by atoms with Gasteiger partial charge >= 0.3 is 0 Å². The number of piperazine rings is 1. The summed E-state index contributed by atoms with van der Waals surface area (Å²) in [5.74, 6) is 1.06. The van der Waals surface area contributed by atoms with Crippen LogP contribution in [-0.2, 0) is 0 Å². The molecule has 1 aliphatic heterocycles. The fourth-order valence-electron chi connectivity index (χ4n) is 4.21. The Kier molecular flexibility index (Phi) is 5.28. The van der Waals surface area contributed by atoms with Gasteiger partial charge in [0.1, 0.15) is 5.52 Å². The van der Waals surface area contributed by atoms with Gasteiger partial charge in [-0.3, -0.25) is 4.79 Å². The smallest absolute Gasteiger partial charge is 0.300 e. The summed E-state index contributed by atoms with van der Waals surface area (Å²) >= 11 is 0. The highest BCUT2D eigenvalue weighted by Gasteiger charge is 2.26. The maximum absolute atomic E-state index is 13.1. The maximum Gasteiger partial charge on any atom is 0.300 e. The molecule has 32 heavy (non-hydrogen) atoms. The molecule has 4 heterocycles. The Hall–Kier alpha value is -3.42. The summed E-state index contributed by atoms with van der Waals surface area (Å²) in [5, 5.41) is 0. The quantitative estimate of drug-likeness (QED) is 0.456. The van der Waals surface area contributed by atoms with Crippen molar-refractivity contribution in [3.05, 3.63) is 47.5 Å². The average molecular weight is 434 g/mol. The normalized spacial score (nSPS) is 14.8. The van der Waals surface area contributed by atoms with Gasteiger partial charge in [-0.25, -0.2) is 9.97 Å². The van der Waals surface area contributed by atoms with Crippen molar-refractivity contribution in [2.24, 2.45) is 0 Å². The lowest BCUT2D eigenvalue weighted by Crippen LogP contribution is -2.48. The summed E-state index contributed by atoms with van der Waals surface area (Å²) < 4.78 is 11.8. The lowest BCUT2D eigenvalue weighted by atomic mass is 10.0. The highest BCUT2D eigenvalue weighted by Crippen LogP contribution is 2.27. The number of benzene rings is 1. The molecule has 0 radical (unpaired) electrons. The minimum Gasteiger partial charge on any atom is -0.440 e. The number of carbonyl (C=O) groups is 1. The van der Waals surface area contributed by atoms with E-state index in [2.05, 4.69) is 33.7 Å².